The Morgan fingerprint density at radius 3 is 2.47 bits per heavy atom. The third kappa shape index (κ3) is 2.55. The summed E-state index contributed by atoms with van der Waals surface area (Å²) in [5.41, 5.74) is -2.04. The number of nitrogens with zero attached hydrogens (tertiary/aromatic N) is 1. The number of carbonyl (C=O) groups is 2. The van der Waals surface area contributed by atoms with Gasteiger partial charge in [-0.05, 0) is 33.6 Å². The van der Waals surface area contributed by atoms with Gasteiger partial charge in [-0.25, -0.2) is 4.79 Å². The summed E-state index contributed by atoms with van der Waals surface area (Å²) in [5, 5.41) is 9.17. The monoisotopic (exact) mass is 235 g/mol. The van der Waals surface area contributed by atoms with Crippen LogP contribution in [0.3, 0.4) is 0 Å². The number of hydrogen-bond donors (Lipinski definition) is 0. The zero-order valence-electron chi connectivity index (χ0n) is 10.5. The molecule has 4 nitrogen and oxygen atoms in total. The Labute approximate surface area is 101 Å². The second-order valence-corrected chi connectivity index (χ2v) is 5.27. The van der Waals surface area contributed by atoms with Crippen LogP contribution in [0, 0.1) is 16.7 Å². The van der Waals surface area contributed by atoms with Crippen LogP contribution in [0.25, 0.3) is 0 Å². The highest BCUT2D eigenvalue weighted by Gasteiger charge is 2.48. The van der Waals surface area contributed by atoms with E-state index < -0.39 is 17.0 Å². The topological polar surface area (TPSA) is 67.2 Å². The van der Waals surface area contributed by atoms with Crippen LogP contribution in [-0.4, -0.2) is 17.4 Å². The maximum atomic E-state index is 11.8. The molecule has 0 aromatic rings. The van der Waals surface area contributed by atoms with E-state index in [4.69, 9.17) is 10.00 Å². The van der Waals surface area contributed by atoms with Crippen molar-refractivity contribution in [3.63, 3.8) is 0 Å². The number of Topliss-reactive ketones (excluding diaryl/α,β-unsaturated/α-hetero) is 1. The summed E-state index contributed by atoms with van der Waals surface area (Å²) in [6.07, 6.45) is 1.31. The van der Waals surface area contributed by atoms with Gasteiger partial charge in [-0.1, -0.05) is 6.58 Å². The predicted molar refractivity (Wildman–Crippen MR) is 61.9 cm³/mol. The van der Waals surface area contributed by atoms with Gasteiger partial charge in [0.05, 0.1) is 11.6 Å². The molecule has 0 amide bonds. The van der Waals surface area contributed by atoms with Crippen molar-refractivity contribution < 1.29 is 14.3 Å². The van der Waals surface area contributed by atoms with Gasteiger partial charge in [0.25, 0.3) is 0 Å². The molecule has 1 rings (SSSR count). The first kappa shape index (κ1) is 13.4. The van der Waals surface area contributed by atoms with Gasteiger partial charge in [0.2, 0.25) is 0 Å². The van der Waals surface area contributed by atoms with Crippen molar-refractivity contribution in [1.82, 2.24) is 0 Å². The highest BCUT2D eigenvalue weighted by atomic mass is 16.6. The van der Waals surface area contributed by atoms with Crippen LogP contribution in [0.4, 0.5) is 0 Å². The van der Waals surface area contributed by atoms with Gasteiger partial charge in [0.1, 0.15) is 11.0 Å². The molecule has 0 saturated heterocycles. The fourth-order valence-electron chi connectivity index (χ4n) is 1.89. The average molecular weight is 235 g/mol. The fourth-order valence-corrected chi connectivity index (χ4v) is 1.89. The molecule has 1 aliphatic carbocycles. The van der Waals surface area contributed by atoms with Crippen LogP contribution in [0.1, 0.15) is 40.0 Å². The summed E-state index contributed by atoms with van der Waals surface area (Å²) < 4.78 is 5.15. The highest BCUT2D eigenvalue weighted by molar-refractivity contribution is 6.03. The molecular weight excluding hydrogens is 218 g/mol. The van der Waals surface area contributed by atoms with Gasteiger partial charge in [-0.3, -0.25) is 4.79 Å². The summed E-state index contributed by atoms with van der Waals surface area (Å²) >= 11 is 0. The van der Waals surface area contributed by atoms with Crippen molar-refractivity contribution in [3.05, 3.63) is 12.2 Å². The number of nitriles is 1. The highest BCUT2D eigenvalue weighted by Crippen LogP contribution is 2.40. The molecule has 17 heavy (non-hydrogen) atoms. The number of esters is 1. The van der Waals surface area contributed by atoms with E-state index in [9.17, 15) is 9.59 Å². The van der Waals surface area contributed by atoms with E-state index in [0.29, 0.717) is 19.3 Å². The van der Waals surface area contributed by atoms with Crippen LogP contribution < -0.4 is 0 Å². The van der Waals surface area contributed by atoms with Gasteiger partial charge >= 0.3 is 5.97 Å². The van der Waals surface area contributed by atoms with E-state index in [0.717, 1.165) is 0 Å². The first-order chi connectivity index (χ1) is 7.73. The third-order valence-electron chi connectivity index (χ3n) is 2.78. The lowest BCUT2D eigenvalue weighted by atomic mass is 9.79. The maximum Gasteiger partial charge on any atom is 0.336 e. The molecule has 1 unspecified atom stereocenters. The van der Waals surface area contributed by atoms with Crippen molar-refractivity contribution >= 4 is 11.8 Å². The number of ketones is 1. The predicted octanol–water partition coefficient (Wildman–Crippen LogP) is 2.15. The van der Waals surface area contributed by atoms with Gasteiger partial charge in [0.15, 0.2) is 5.78 Å². The third-order valence-corrected chi connectivity index (χ3v) is 2.78. The zero-order chi connectivity index (χ0) is 13.3. The first-order valence-corrected chi connectivity index (χ1v) is 5.60. The number of carbonyl (C=O) groups excluding carboxylic acids is 2. The minimum Gasteiger partial charge on any atom is -0.457 e. The Morgan fingerprint density at radius 2 is 2.12 bits per heavy atom. The van der Waals surface area contributed by atoms with Crippen LogP contribution in [0.15, 0.2) is 12.2 Å². The lowest BCUT2D eigenvalue weighted by molar-refractivity contribution is -0.151. The van der Waals surface area contributed by atoms with Crippen molar-refractivity contribution in [2.24, 2.45) is 5.41 Å². The number of ether oxygens (including phenoxy) is 1. The van der Waals surface area contributed by atoms with E-state index in [1.165, 1.54) is 0 Å². The Bertz CT molecular complexity index is 411. The normalized spacial score (nSPS) is 24.2. The van der Waals surface area contributed by atoms with Crippen LogP contribution in [0.5, 0.6) is 0 Å². The largest absolute Gasteiger partial charge is 0.457 e. The second kappa shape index (κ2) is 4.33. The number of hydrogen-bond acceptors (Lipinski definition) is 4. The van der Waals surface area contributed by atoms with Gasteiger partial charge in [0, 0.05) is 6.42 Å². The van der Waals surface area contributed by atoms with E-state index >= 15 is 0 Å². The summed E-state index contributed by atoms with van der Waals surface area (Å²) in [7, 11) is 0. The minimum atomic E-state index is -1.36. The Balaban J connectivity index is 2.93. The average Bonchev–Trinajstić information content (AvgIpc) is 2.57. The molecule has 1 aliphatic rings. The van der Waals surface area contributed by atoms with Crippen LogP contribution >= 0.6 is 0 Å². The molecule has 1 fully saturated rings. The van der Waals surface area contributed by atoms with Gasteiger partial charge < -0.3 is 4.74 Å². The molecule has 0 heterocycles. The van der Waals surface area contributed by atoms with Crippen LogP contribution in [0.2, 0.25) is 0 Å². The number of rotatable bonds is 2. The summed E-state index contributed by atoms with van der Waals surface area (Å²) in [4.78, 5) is 23.6. The van der Waals surface area contributed by atoms with Gasteiger partial charge in [-0.15, -0.1) is 0 Å². The van der Waals surface area contributed by atoms with E-state index in [-0.39, 0.29) is 11.4 Å². The van der Waals surface area contributed by atoms with E-state index in [1.54, 1.807) is 20.8 Å². The van der Waals surface area contributed by atoms with Crippen molar-refractivity contribution in [1.29, 1.82) is 5.26 Å². The molecule has 0 N–H and O–H groups in total. The smallest absolute Gasteiger partial charge is 0.336 e. The molecule has 0 bridgehead atoms. The first-order valence-electron chi connectivity index (χ1n) is 5.60. The molecule has 4 heteroatoms. The van der Waals surface area contributed by atoms with E-state index in [1.807, 2.05) is 6.07 Å². The fraction of sp³-hybridized carbons (Fsp3) is 0.615. The minimum absolute atomic E-state index is 0.0302. The lowest BCUT2D eigenvalue weighted by Gasteiger charge is -2.25. The molecule has 1 atom stereocenters. The molecule has 1 saturated carbocycles. The lowest BCUT2D eigenvalue weighted by Crippen LogP contribution is -2.34. The van der Waals surface area contributed by atoms with E-state index in [2.05, 4.69) is 6.58 Å². The van der Waals surface area contributed by atoms with Crippen molar-refractivity contribution in [2.75, 3.05) is 0 Å². The molecule has 92 valence electrons. The molecule has 0 aromatic heterocycles. The summed E-state index contributed by atoms with van der Waals surface area (Å²) in [6, 6.07) is 1.94. The Kier molecular flexibility index (Phi) is 3.42. The van der Waals surface area contributed by atoms with Crippen LogP contribution in [-0.2, 0) is 14.3 Å². The van der Waals surface area contributed by atoms with Crippen molar-refractivity contribution in [3.8, 4) is 6.07 Å². The Morgan fingerprint density at radius 1 is 1.53 bits per heavy atom. The quantitative estimate of drug-likeness (QED) is 0.543. The summed E-state index contributed by atoms with van der Waals surface area (Å²) in [5.74, 6) is -0.884. The van der Waals surface area contributed by atoms with Crippen molar-refractivity contribution in [2.45, 2.75) is 45.6 Å². The molecule has 0 spiro atoms. The molecule has 0 radical (unpaired) electrons. The standard InChI is InChI=1S/C13H17NO3/c1-9(11(16)17-12(2,3)4)13(8-14)7-5-6-10(13)15/h1,5-7H2,2-4H3. The maximum absolute atomic E-state index is 11.8. The molecular formula is C13H17NO3. The molecule has 0 aromatic carbocycles. The summed E-state index contributed by atoms with van der Waals surface area (Å²) in [6.45, 7) is 8.79. The second-order valence-electron chi connectivity index (χ2n) is 5.27. The zero-order valence-corrected chi connectivity index (χ0v) is 10.5. The SMILES string of the molecule is C=C(C(=O)OC(C)(C)C)C1(C#N)CCCC1=O. The Hall–Kier alpha value is -1.63. The molecule has 0 aliphatic heterocycles. The van der Waals surface area contributed by atoms with Gasteiger partial charge in [-0.2, -0.15) is 5.26 Å².